The fraction of sp³-hybridized carbons (Fsp3) is 0.364. The third-order valence-electron chi connectivity index (χ3n) is 2.69. The number of nitro groups is 1. The number of anilines is 1. The molecular formula is C11H12N2O5. The molecule has 1 atom stereocenters. The van der Waals surface area contributed by atoms with Gasteiger partial charge in [0.15, 0.2) is 5.69 Å². The van der Waals surface area contributed by atoms with Crippen molar-refractivity contribution in [2.45, 2.75) is 18.9 Å². The standard InChI is InChI=1S/C11H12N2O5/c14-8-4-1-3-7(13(16)17)10(8)12-11(15)9-5-2-6-18-9/h1,3-4,9,14H,2,5-6H2,(H,12,15). The SMILES string of the molecule is O=C(Nc1c(O)cccc1[N+](=O)[O-])C1CCCO1. The van der Waals surface area contributed by atoms with E-state index in [1.807, 2.05) is 0 Å². The number of hydrogen-bond acceptors (Lipinski definition) is 5. The number of phenols is 1. The van der Waals surface area contributed by atoms with E-state index in [1.165, 1.54) is 18.2 Å². The first-order valence-corrected chi connectivity index (χ1v) is 5.48. The van der Waals surface area contributed by atoms with E-state index < -0.39 is 16.9 Å². The van der Waals surface area contributed by atoms with Gasteiger partial charge in [0, 0.05) is 12.7 Å². The summed E-state index contributed by atoms with van der Waals surface area (Å²) in [7, 11) is 0. The van der Waals surface area contributed by atoms with E-state index in [2.05, 4.69) is 5.32 Å². The van der Waals surface area contributed by atoms with Crippen LogP contribution in [0.4, 0.5) is 11.4 Å². The molecule has 1 fully saturated rings. The molecule has 1 aliphatic heterocycles. The minimum absolute atomic E-state index is 0.192. The predicted octanol–water partition coefficient (Wildman–Crippen LogP) is 1.42. The van der Waals surface area contributed by atoms with E-state index >= 15 is 0 Å². The number of nitrogens with one attached hydrogen (secondary N) is 1. The monoisotopic (exact) mass is 252 g/mol. The van der Waals surface area contributed by atoms with Crippen LogP contribution >= 0.6 is 0 Å². The summed E-state index contributed by atoms with van der Waals surface area (Å²) in [5, 5.41) is 22.7. The van der Waals surface area contributed by atoms with Crippen molar-refractivity contribution < 1.29 is 19.6 Å². The highest BCUT2D eigenvalue weighted by molar-refractivity contribution is 5.97. The minimum Gasteiger partial charge on any atom is -0.505 e. The topological polar surface area (TPSA) is 102 Å². The van der Waals surface area contributed by atoms with Gasteiger partial charge in [0.05, 0.1) is 4.92 Å². The Morgan fingerprint density at radius 3 is 2.94 bits per heavy atom. The number of carbonyl (C=O) groups is 1. The molecule has 1 unspecified atom stereocenters. The second kappa shape index (κ2) is 5.01. The van der Waals surface area contributed by atoms with Crippen LogP contribution in [-0.2, 0) is 9.53 Å². The highest BCUT2D eigenvalue weighted by Crippen LogP contribution is 2.33. The van der Waals surface area contributed by atoms with E-state index in [0.29, 0.717) is 13.0 Å². The summed E-state index contributed by atoms with van der Waals surface area (Å²) in [5.41, 5.74) is -0.538. The number of para-hydroxylation sites is 1. The number of carbonyl (C=O) groups excluding carboxylic acids is 1. The number of ether oxygens (including phenoxy) is 1. The average molecular weight is 252 g/mol. The summed E-state index contributed by atoms with van der Waals surface area (Å²) < 4.78 is 5.16. The molecule has 0 spiro atoms. The van der Waals surface area contributed by atoms with Crippen LogP contribution in [0.3, 0.4) is 0 Å². The molecule has 0 bridgehead atoms. The van der Waals surface area contributed by atoms with Crippen molar-refractivity contribution in [3.63, 3.8) is 0 Å². The largest absolute Gasteiger partial charge is 0.505 e. The lowest BCUT2D eigenvalue weighted by Crippen LogP contribution is -2.27. The van der Waals surface area contributed by atoms with Gasteiger partial charge in [0.25, 0.3) is 11.6 Å². The first kappa shape index (κ1) is 12.3. The van der Waals surface area contributed by atoms with Crippen molar-refractivity contribution in [2.24, 2.45) is 0 Å². The minimum atomic E-state index is -0.662. The van der Waals surface area contributed by atoms with Crippen molar-refractivity contribution in [1.29, 1.82) is 0 Å². The van der Waals surface area contributed by atoms with Crippen LogP contribution in [0.1, 0.15) is 12.8 Å². The van der Waals surface area contributed by atoms with Crippen molar-refractivity contribution in [3.8, 4) is 5.75 Å². The second-order valence-electron chi connectivity index (χ2n) is 3.92. The third-order valence-corrected chi connectivity index (χ3v) is 2.69. The molecule has 18 heavy (non-hydrogen) atoms. The van der Waals surface area contributed by atoms with Crippen LogP contribution in [0.5, 0.6) is 5.75 Å². The van der Waals surface area contributed by atoms with Gasteiger partial charge in [-0.25, -0.2) is 0 Å². The van der Waals surface area contributed by atoms with Gasteiger partial charge in [-0.15, -0.1) is 0 Å². The van der Waals surface area contributed by atoms with Gasteiger partial charge in [-0.05, 0) is 18.9 Å². The summed E-state index contributed by atoms with van der Waals surface area (Å²) in [6, 6.07) is 3.83. The van der Waals surface area contributed by atoms with E-state index in [1.54, 1.807) is 0 Å². The van der Waals surface area contributed by atoms with Gasteiger partial charge in [0.1, 0.15) is 11.9 Å². The van der Waals surface area contributed by atoms with Crippen LogP contribution in [0.15, 0.2) is 18.2 Å². The maximum atomic E-state index is 11.8. The van der Waals surface area contributed by atoms with E-state index in [0.717, 1.165) is 6.42 Å². The zero-order valence-electron chi connectivity index (χ0n) is 9.46. The van der Waals surface area contributed by atoms with Gasteiger partial charge < -0.3 is 15.2 Å². The first-order valence-electron chi connectivity index (χ1n) is 5.48. The number of benzene rings is 1. The molecule has 96 valence electrons. The number of phenolic OH excluding ortho intramolecular Hbond substituents is 1. The maximum absolute atomic E-state index is 11.8. The summed E-state index contributed by atoms with van der Waals surface area (Å²) in [6.07, 6.45) is 0.748. The van der Waals surface area contributed by atoms with Crippen molar-refractivity contribution >= 4 is 17.3 Å². The smallest absolute Gasteiger partial charge is 0.296 e. The van der Waals surface area contributed by atoms with Crippen molar-refractivity contribution in [3.05, 3.63) is 28.3 Å². The number of amides is 1. The molecule has 0 aliphatic carbocycles. The third kappa shape index (κ3) is 2.40. The lowest BCUT2D eigenvalue weighted by molar-refractivity contribution is -0.384. The van der Waals surface area contributed by atoms with Gasteiger partial charge in [0.2, 0.25) is 0 Å². The Labute approximate surface area is 103 Å². The molecule has 1 amide bonds. The molecular weight excluding hydrogens is 240 g/mol. The molecule has 1 heterocycles. The Hall–Kier alpha value is -2.15. The van der Waals surface area contributed by atoms with Gasteiger partial charge >= 0.3 is 0 Å². The summed E-state index contributed by atoms with van der Waals surface area (Å²) in [4.78, 5) is 21.9. The van der Waals surface area contributed by atoms with Crippen LogP contribution in [0.25, 0.3) is 0 Å². The zero-order valence-corrected chi connectivity index (χ0v) is 9.46. The summed E-state index contributed by atoms with van der Waals surface area (Å²) in [6.45, 7) is 0.501. The fourth-order valence-electron chi connectivity index (χ4n) is 1.80. The van der Waals surface area contributed by atoms with Crippen LogP contribution in [0.2, 0.25) is 0 Å². The lowest BCUT2D eigenvalue weighted by Gasteiger charge is -2.11. The van der Waals surface area contributed by atoms with Crippen molar-refractivity contribution in [1.82, 2.24) is 0 Å². The molecule has 7 heteroatoms. The summed E-state index contributed by atoms with van der Waals surface area (Å²) in [5.74, 6) is -0.812. The molecule has 0 saturated carbocycles. The summed E-state index contributed by atoms with van der Waals surface area (Å²) >= 11 is 0. The molecule has 1 aromatic rings. The first-order chi connectivity index (χ1) is 8.59. The molecule has 1 saturated heterocycles. The van der Waals surface area contributed by atoms with Crippen LogP contribution < -0.4 is 5.32 Å². The Morgan fingerprint density at radius 1 is 1.56 bits per heavy atom. The fourth-order valence-corrected chi connectivity index (χ4v) is 1.80. The second-order valence-corrected chi connectivity index (χ2v) is 3.92. The van der Waals surface area contributed by atoms with E-state index in [9.17, 15) is 20.0 Å². The van der Waals surface area contributed by atoms with Gasteiger partial charge in [-0.2, -0.15) is 0 Å². The molecule has 1 aromatic carbocycles. The average Bonchev–Trinajstić information content (AvgIpc) is 2.85. The maximum Gasteiger partial charge on any atom is 0.296 e. The number of nitrogens with zero attached hydrogens (tertiary/aromatic N) is 1. The molecule has 1 aliphatic rings. The molecule has 7 nitrogen and oxygen atoms in total. The Morgan fingerprint density at radius 2 is 2.33 bits per heavy atom. The number of nitro benzene ring substituents is 1. The Bertz CT molecular complexity index is 482. The van der Waals surface area contributed by atoms with Crippen molar-refractivity contribution in [2.75, 3.05) is 11.9 Å². The number of hydrogen-bond donors (Lipinski definition) is 2. The van der Waals surface area contributed by atoms with Crippen LogP contribution in [-0.4, -0.2) is 28.6 Å². The normalized spacial score (nSPS) is 18.6. The predicted molar refractivity (Wildman–Crippen MR) is 62.4 cm³/mol. The van der Waals surface area contributed by atoms with E-state index in [-0.39, 0.29) is 17.1 Å². The Balaban J connectivity index is 2.22. The highest BCUT2D eigenvalue weighted by Gasteiger charge is 2.27. The Kier molecular flexibility index (Phi) is 3.42. The molecule has 2 N–H and O–H groups in total. The molecule has 2 rings (SSSR count). The number of aromatic hydroxyl groups is 1. The highest BCUT2D eigenvalue weighted by atomic mass is 16.6. The van der Waals surface area contributed by atoms with Gasteiger partial charge in [-0.3, -0.25) is 14.9 Å². The number of rotatable bonds is 3. The van der Waals surface area contributed by atoms with E-state index in [4.69, 9.17) is 4.74 Å². The molecule has 0 radical (unpaired) electrons. The molecule has 0 aromatic heterocycles. The zero-order chi connectivity index (χ0) is 13.1. The quantitative estimate of drug-likeness (QED) is 0.481. The van der Waals surface area contributed by atoms with Gasteiger partial charge in [-0.1, -0.05) is 6.07 Å². The van der Waals surface area contributed by atoms with Crippen LogP contribution in [0, 0.1) is 10.1 Å². The lowest BCUT2D eigenvalue weighted by atomic mass is 10.2.